The van der Waals surface area contributed by atoms with Gasteiger partial charge in [-0.05, 0) is 16.0 Å². The van der Waals surface area contributed by atoms with Gasteiger partial charge in [0.25, 0.3) is 5.91 Å². The minimum absolute atomic E-state index is 0.230. The average molecular weight is 352 g/mol. The predicted molar refractivity (Wildman–Crippen MR) is 77.0 cm³/mol. The zero-order chi connectivity index (χ0) is 17.9. The van der Waals surface area contributed by atoms with Crippen molar-refractivity contribution < 1.29 is 18.0 Å². The van der Waals surface area contributed by atoms with Crippen LogP contribution in [0.1, 0.15) is 17.4 Å². The van der Waals surface area contributed by atoms with Crippen LogP contribution in [0.15, 0.2) is 36.7 Å². The van der Waals surface area contributed by atoms with Gasteiger partial charge in [0, 0.05) is 6.42 Å². The molecule has 1 aromatic carbocycles. The maximum Gasteiger partial charge on any atom is 0.451 e. The molecule has 0 bridgehead atoms. The number of carbonyl (C=O) groups is 1. The standard InChI is InChI=1S/C13H11F3N8O/c14-13(15,16)11-19-12(21-20-11)18-10(25)9(24-7-17-22-23-24)6-8-4-2-1-3-5-8/h1-5,7,9H,6H2,(H2,18,19,20,21,25)/t9-/m0/s1. The molecule has 0 radical (unpaired) electrons. The molecule has 0 saturated heterocycles. The number of amides is 1. The number of halogens is 3. The molecular formula is C13H11F3N8O. The average Bonchev–Trinajstić information content (AvgIpc) is 3.24. The van der Waals surface area contributed by atoms with E-state index in [1.54, 1.807) is 29.4 Å². The van der Waals surface area contributed by atoms with Crippen molar-refractivity contribution in [2.24, 2.45) is 0 Å². The van der Waals surface area contributed by atoms with Crippen molar-refractivity contribution in [3.63, 3.8) is 0 Å². The summed E-state index contributed by atoms with van der Waals surface area (Å²) in [5.41, 5.74) is 0.823. The summed E-state index contributed by atoms with van der Waals surface area (Å²) in [7, 11) is 0. The third kappa shape index (κ3) is 3.97. The molecule has 0 saturated carbocycles. The van der Waals surface area contributed by atoms with Crippen molar-refractivity contribution in [3.05, 3.63) is 48.0 Å². The molecule has 2 N–H and O–H groups in total. The first-order valence-electron chi connectivity index (χ1n) is 7.00. The Balaban J connectivity index is 1.79. The Labute approximate surface area is 138 Å². The zero-order valence-corrected chi connectivity index (χ0v) is 12.5. The third-order valence-corrected chi connectivity index (χ3v) is 3.25. The largest absolute Gasteiger partial charge is 0.451 e. The van der Waals surface area contributed by atoms with E-state index >= 15 is 0 Å². The molecule has 1 atom stereocenters. The number of rotatable bonds is 5. The molecule has 130 valence electrons. The molecule has 0 fully saturated rings. The van der Waals surface area contributed by atoms with Gasteiger partial charge in [0.1, 0.15) is 12.4 Å². The molecule has 9 nitrogen and oxygen atoms in total. The molecule has 2 aromatic heterocycles. The van der Waals surface area contributed by atoms with Crippen LogP contribution in [0.5, 0.6) is 0 Å². The fourth-order valence-corrected chi connectivity index (χ4v) is 2.09. The van der Waals surface area contributed by atoms with E-state index in [1.165, 1.54) is 11.0 Å². The molecule has 1 amide bonds. The van der Waals surface area contributed by atoms with E-state index in [-0.39, 0.29) is 6.42 Å². The first-order valence-corrected chi connectivity index (χ1v) is 7.00. The van der Waals surface area contributed by atoms with Crippen molar-refractivity contribution in [3.8, 4) is 0 Å². The van der Waals surface area contributed by atoms with Gasteiger partial charge in [0.05, 0.1) is 0 Å². The normalized spacial score (nSPS) is 12.8. The summed E-state index contributed by atoms with van der Waals surface area (Å²) in [6.07, 6.45) is -3.21. The summed E-state index contributed by atoms with van der Waals surface area (Å²) in [5.74, 6) is -2.43. The summed E-state index contributed by atoms with van der Waals surface area (Å²) in [6, 6.07) is 8.15. The van der Waals surface area contributed by atoms with E-state index in [1.807, 2.05) is 6.07 Å². The van der Waals surface area contributed by atoms with Crippen molar-refractivity contribution in [1.29, 1.82) is 0 Å². The summed E-state index contributed by atoms with van der Waals surface area (Å²) in [4.78, 5) is 15.7. The molecule has 0 unspecified atom stereocenters. The van der Waals surface area contributed by atoms with Crippen LogP contribution in [0.4, 0.5) is 19.1 Å². The first kappa shape index (κ1) is 16.5. The maximum atomic E-state index is 12.5. The number of hydrogen-bond acceptors (Lipinski definition) is 6. The van der Waals surface area contributed by atoms with E-state index in [2.05, 4.69) is 30.9 Å². The molecule has 0 aliphatic heterocycles. The van der Waals surface area contributed by atoms with Crippen molar-refractivity contribution in [1.82, 2.24) is 35.4 Å². The summed E-state index contributed by atoms with van der Waals surface area (Å²) in [5, 5.41) is 17.9. The number of aromatic nitrogens is 7. The quantitative estimate of drug-likeness (QED) is 0.714. The molecule has 3 rings (SSSR count). The zero-order valence-electron chi connectivity index (χ0n) is 12.5. The van der Waals surface area contributed by atoms with Crippen LogP contribution in [0.2, 0.25) is 0 Å². The smallest absolute Gasteiger partial charge is 0.291 e. The lowest BCUT2D eigenvalue weighted by Crippen LogP contribution is -2.29. The van der Waals surface area contributed by atoms with E-state index < -0.39 is 29.9 Å². The van der Waals surface area contributed by atoms with Crippen LogP contribution in [0.25, 0.3) is 0 Å². The fraction of sp³-hybridized carbons (Fsp3) is 0.231. The molecule has 0 spiro atoms. The number of nitrogens with one attached hydrogen (secondary N) is 2. The Hall–Kier alpha value is -3.31. The second-order valence-corrected chi connectivity index (χ2v) is 4.99. The Morgan fingerprint density at radius 3 is 2.64 bits per heavy atom. The monoisotopic (exact) mass is 352 g/mol. The molecule has 0 aliphatic rings. The molecule has 3 aromatic rings. The number of tetrazole rings is 1. The van der Waals surface area contributed by atoms with E-state index in [0.717, 1.165) is 5.56 Å². The summed E-state index contributed by atoms with van der Waals surface area (Å²) >= 11 is 0. The van der Waals surface area contributed by atoms with E-state index in [0.29, 0.717) is 0 Å². The molecule has 2 heterocycles. The number of benzene rings is 1. The molecule has 12 heteroatoms. The topological polar surface area (TPSA) is 114 Å². The number of anilines is 1. The minimum atomic E-state index is -4.69. The summed E-state index contributed by atoms with van der Waals surface area (Å²) in [6.45, 7) is 0. The Morgan fingerprint density at radius 2 is 2.04 bits per heavy atom. The third-order valence-electron chi connectivity index (χ3n) is 3.25. The van der Waals surface area contributed by atoms with Crippen molar-refractivity contribution >= 4 is 11.9 Å². The lowest BCUT2D eigenvalue weighted by Gasteiger charge is -2.15. The second-order valence-electron chi connectivity index (χ2n) is 4.99. The minimum Gasteiger partial charge on any atom is -0.291 e. The van der Waals surface area contributed by atoms with Gasteiger partial charge in [-0.1, -0.05) is 30.3 Å². The number of carbonyl (C=O) groups excluding carboxylic acids is 1. The van der Waals surface area contributed by atoms with Gasteiger partial charge >= 0.3 is 6.18 Å². The highest BCUT2D eigenvalue weighted by Crippen LogP contribution is 2.26. The summed E-state index contributed by atoms with van der Waals surface area (Å²) < 4.78 is 38.8. The van der Waals surface area contributed by atoms with Crippen molar-refractivity contribution in [2.75, 3.05) is 5.32 Å². The van der Waals surface area contributed by atoms with Gasteiger partial charge in [0.15, 0.2) is 0 Å². The van der Waals surface area contributed by atoms with Gasteiger partial charge in [-0.3, -0.25) is 15.2 Å². The lowest BCUT2D eigenvalue weighted by atomic mass is 10.1. The van der Waals surface area contributed by atoms with Crippen LogP contribution in [0.3, 0.4) is 0 Å². The van der Waals surface area contributed by atoms with E-state index in [4.69, 9.17) is 0 Å². The SMILES string of the molecule is O=C(Nc1n[nH]c(C(F)(F)F)n1)[C@H](Cc1ccccc1)n1cnnn1. The second kappa shape index (κ2) is 6.67. The van der Waals surface area contributed by atoms with Crippen LogP contribution in [0, 0.1) is 0 Å². The highest BCUT2D eigenvalue weighted by molar-refractivity contribution is 5.92. The van der Waals surface area contributed by atoms with Gasteiger partial charge < -0.3 is 0 Å². The Morgan fingerprint density at radius 1 is 1.28 bits per heavy atom. The van der Waals surface area contributed by atoms with Gasteiger partial charge in [-0.2, -0.15) is 18.2 Å². The number of aromatic amines is 1. The van der Waals surface area contributed by atoms with Gasteiger partial charge in [0.2, 0.25) is 11.8 Å². The first-order chi connectivity index (χ1) is 11.9. The van der Waals surface area contributed by atoms with Crippen LogP contribution in [-0.2, 0) is 17.4 Å². The highest BCUT2D eigenvalue weighted by atomic mass is 19.4. The number of alkyl halides is 3. The van der Waals surface area contributed by atoms with Crippen LogP contribution in [-0.4, -0.2) is 41.3 Å². The van der Waals surface area contributed by atoms with E-state index in [9.17, 15) is 18.0 Å². The van der Waals surface area contributed by atoms with Crippen molar-refractivity contribution in [2.45, 2.75) is 18.6 Å². The fourth-order valence-electron chi connectivity index (χ4n) is 2.09. The molecule has 25 heavy (non-hydrogen) atoms. The predicted octanol–water partition coefficient (Wildman–Crippen LogP) is 1.23. The lowest BCUT2D eigenvalue weighted by molar-refractivity contribution is -0.144. The molecule has 0 aliphatic carbocycles. The molecular weight excluding hydrogens is 341 g/mol. The highest BCUT2D eigenvalue weighted by Gasteiger charge is 2.35. The Bertz CT molecular complexity index is 831. The number of nitrogens with zero attached hydrogens (tertiary/aromatic N) is 6. The number of hydrogen-bond donors (Lipinski definition) is 2. The van der Waals surface area contributed by atoms with Gasteiger partial charge in [-0.25, -0.2) is 4.68 Å². The van der Waals surface area contributed by atoms with Crippen LogP contribution >= 0.6 is 0 Å². The van der Waals surface area contributed by atoms with Gasteiger partial charge in [-0.15, -0.1) is 10.2 Å². The maximum absolute atomic E-state index is 12.5. The Kier molecular flexibility index (Phi) is 4.41. The number of H-pyrrole nitrogens is 1. The van der Waals surface area contributed by atoms with Crippen LogP contribution < -0.4 is 5.32 Å².